The zero-order valence-corrected chi connectivity index (χ0v) is 11.8. The van der Waals surface area contributed by atoms with Gasteiger partial charge in [0.25, 0.3) is 5.91 Å². The van der Waals surface area contributed by atoms with Gasteiger partial charge in [-0.2, -0.15) is 0 Å². The number of hydrogen-bond donors (Lipinski definition) is 2. The molecule has 0 aliphatic carbocycles. The van der Waals surface area contributed by atoms with Crippen LogP contribution in [0.5, 0.6) is 0 Å². The van der Waals surface area contributed by atoms with E-state index in [-0.39, 0.29) is 6.61 Å². The van der Waals surface area contributed by atoms with Gasteiger partial charge >= 0.3 is 6.09 Å². The Hall–Kier alpha value is -2.48. The smallest absolute Gasteiger partial charge is 0.408 e. The monoisotopic (exact) mass is 274 g/mol. The van der Waals surface area contributed by atoms with Crippen molar-refractivity contribution in [1.29, 1.82) is 0 Å². The van der Waals surface area contributed by atoms with Crippen LogP contribution in [0.2, 0.25) is 0 Å². The van der Waals surface area contributed by atoms with Gasteiger partial charge in [-0.25, -0.2) is 4.79 Å². The Kier molecular flexibility index (Phi) is 5.15. The van der Waals surface area contributed by atoms with Gasteiger partial charge in [0, 0.05) is 16.8 Å². The first kappa shape index (κ1) is 15.6. The summed E-state index contributed by atoms with van der Waals surface area (Å²) >= 11 is 0. The number of terminal acetylenes is 1. The van der Waals surface area contributed by atoms with Crippen molar-refractivity contribution in [3.8, 4) is 12.3 Å². The van der Waals surface area contributed by atoms with Crippen LogP contribution in [0.15, 0.2) is 24.3 Å². The summed E-state index contributed by atoms with van der Waals surface area (Å²) in [6.45, 7) is 5.10. The van der Waals surface area contributed by atoms with Crippen LogP contribution in [0.4, 0.5) is 10.5 Å². The fourth-order valence-corrected chi connectivity index (χ4v) is 1.36. The van der Waals surface area contributed by atoms with Crippen molar-refractivity contribution in [3.05, 3.63) is 29.8 Å². The van der Waals surface area contributed by atoms with Crippen molar-refractivity contribution >= 4 is 17.7 Å². The van der Waals surface area contributed by atoms with E-state index in [2.05, 4.69) is 16.6 Å². The van der Waals surface area contributed by atoms with Crippen molar-refractivity contribution in [2.24, 2.45) is 0 Å². The lowest BCUT2D eigenvalue weighted by molar-refractivity contribution is -0.119. The second-order valence-electron chi connectivity index (χ2n) is 5.22. The molecule has 2 N–H and O–H groups in total. The van der Waals surface area contributed by atoms with Crippen LogP contribution < -0.4 is 10.6 Å². The molecular formula is C15H18N2O3. The van der Waals surface area contributed by atoms with Crippen LogP contribution in [-0.4, -0.2) is 24.1 Å². The average molecular weight is 274 g/mol. The minimum atomic E-state index is -0.634. The van der Waals surface area contributed by atoms with Crippen molar-refractivity contribution in [2.45, 2.75) is 26.3 Å². The van der Waals surface area contributed by atoms with Gasteiger partial charge in [-0.3, -0.25) is 4.79 Å². The van der Waals surface area contributed by atoms with E-state index in [9.17, 15) is 9.59 Å². The summed E-state index contributed by atoms with van der Waals surface area (Å²) in [7, 11) is 0. The summed E-state index contributed by atoms with van der Waals surface area (Å²) in [6, 6.07) is 6.85. The number of rotatable bonds is 3. The molecule has 2 amide bonds. The third-order valence-corrected chi connectivity index (χ3v) is 2.12. The quantitative estimate of drug-likeness (QED) is 0.830. The molecule has 0 radical (unpaired) electrons. The number of benzene rings is 1. The summed E-state index contributed by atoms with van der Waals surface area (Å²) in [6.07, 6.45) is 4.63. The highest BCUT2D eigenvalue weighted by molar-refractivity contribution is 5.92. The van der Waals surface area contributed by atoms with Crippen molar-refractivity contribution in [1.82, 2.24) is 5.32 Å². The van der Waals surface area contributed by atoms with Crippen LogP contribution in [0.25, 0.3) is 0 Å². The predicted molar refractivity (Wildman–Crippen MR) is 77.2 cm³/mol. The van der Waals surface area contributed by atoms with E-state index in [0.717, 1.165) is 0 Å². The first-order valence-corrected chi connectivity index (χ1v) is 6.11. The topological polar surface area (TPSA) is 67.4 Å². The van der Waals surface area contributed by atoms with Gasteiger partial charge in [-0.15, -0.1) is 6.42 Å². The summed E-state index contributed by atoms with van der Waals surface area (Å²) in [4.78, 5) is 23.0. The van der Waals surface area contributed by atoms with E-state index in [1.165, 1.54) is 0 Å². The SMILES string of the molecule is C#Cc1cccc(NC(=O)COC(=O)NC(C)(C)C)c1. The van der Waals surface area contributed by atoms with Crippen LogP contribution >= 0.6 is 0 Å². The molecule has 5 nitrogen and oxygen atoms in total. The first-order valence-electron chi connectivity index (χ1n) is 6.11. The number of nitrogens with one attached hydrogen (secondary N) is 2. The van der Waals surface area contributed by atoms with E-state index in [4.69, 9.17) is 11.2 Å². The maximum atomic E-state index is 11.6. The molecule has 1 aromatic carbocycles. The highest BCUT2D eigenvalue weighted by Crippen LogP contribution is 2.09. The molecule has 0 spiro atoms. The molecule has 0 aliphatic heterocycles. The summed E-state index contributed by atoms with van der Waals surface area (Å²) in [5, 5.41) is 5.18. The largest absolute Gasteiger partial charge is 0.439 e. The number of amides is 2. The number of alkyl carbamates (subject to hydrolysis) is 1. The number of carbonyl (C=O) groups is 2. The van der Waals surface area contributed by atoms with E-state index in [1.807, 2.05) is 20.8 Å². The average Bonchev–Trinajstić information content (AvgIpc) is 2.34. The lowest BCUT2D eigenvalue weighted by atomic mass is 10.1. The molecule has 106 valence electrons. The lowest BCUT2D eigenvalue weighted by Crippen LogP contribution is -2.41. The van der Waals surface area contributed by atoms with E-state index >= 15 is 0 Å². The van der Waals surface area contributed by atoms with Crippen molar-refractivity contribution < 1.29 is 14.3 Å². The third-order valence-electron chi connectivity index (χ3n) is 2.12. The molecule has 5 heteroatoms. The molecule has 20 heavy (non-hydrogen) atoms. The van der Waals surface area contributed by atoms with Gasteiger partial charge in [-0.05, 0) is 39.0 Å². The fourth-order valence-electron chi connectivity index (χ4n) is 1.36. The maximum absolute atomic E-state index is 11.6. The van der Waals surface area contributed by atoms with Gasteiger partial charge < -0.3 is 15.4 Å². The second-order valence-corrected chi connectivity index (χ2v) is 5.22. The van der Waals surface area contributed by atoms with Crippen LogP contribution in [0.3, 0.4) is 0 Å². The molecule has 0 atom stereocenters. The number of carbonyl (C=O) groups excluding carboxylic acids is 2. The Morgan fingerprint density at radius 1 is 1.35 bits per heavy atom. The summed E-state index contributed by atoms with van der Waals surface area (Å²) in [5.74, 6) is 2.04. The number of anilines is 1. The fraction of sp³-hybridized carbons (Fsp3) is 0.333. The molecular weight excluding hydrogens is 256 g/mol. The van der Waals surface area contributed by atoms with Gasteiger partial charge in [0.1, 0.15) is 0 Å². The molecule has 0 aliphatic rings. The van der Waals surface area contributed by atoms with Crippen molar-refractivity contribution in [2.75, 3.05) is 11.9 Å². The highest BCUT2D eigenvalue weighted by atomic mass is 16.6. The molecule has 0 fully saturated rings. The van der Waals surface area contributed by atoms with E-state index < -0.39 is 17.5 Å². The Bertz CT molecular complexity index is 539. The molecule has 1 rings (SSSR count). The first-order chi connectivity index (χ1) is 9.30. The number of ether oxygens (including phenoxy) is 1. The van der Waals surface area contributed by atoms with E-state index in [1.54, 1.807) is 24.3 Å². The molecule has 0 unspecified atom stereocenters. The minimum absolute atomic E-state index is 0.359. The molecule has 0 aromatic heterocycles. The van der Waals surface area contributed by atoms with Crippen LogP contribution in [0.1, 0.15) is 26.3 Å². The Morgan fingerprint density at radius 3 is 2.65 bits per heavy atom. The second kappa shape index (κ2) is 6.62. The zero-order valence-electron chi connectivity index (χ0n) is 11.8. The normalized spacial score (nSPS) is 10.3. The third kappa shape index (κ3) is 5.91. The van der Waals surface area contributed by atoms with Gasteiger partial charge in [0.2, 0.25) is 0 Å². The molecule has 0 saturated carbocycles. The minimum Gasteiger partial charge on any atom is -0.439 e. The predicted octanol–water partition coefficient (Wildman–Crippen LogP) is 2.13. The Labute approximate surface area is 118 Å². The molecule has 0 heterocycles. The Balaban J connectivity index is 2.44. The molecule has 0 saturated heterocycles. The summed E-state index contributed by atoms with van der Waals surface area (Å²) < 4.78 is 4.81. The van der Waals surface area contributed by atoms with Gasteiger partial charge in [-0.1, -0.05) is 12.0 Å². The zero-order chi connectivity index (χ0) is 15.2. The van der Waals surface area contributed by atoms with Crippen LogP contribution in [0, 0.1) is 12.3 Å². The standard InChI is InChI=1S/C15H18N2O3/c1-5-11-7-6-8-12(9-11)16-13(18)10-20-14(19)17-15(2,3)4/h1,6-9H,10H2,2-4H3,(H,16,18)(H,17,19). The molecule has 1 aromatic rings. The van der Waals surface area contributed by atoms with Gasteiger partial charge in [0.15, 0.2) is 6.61 Å². The van der Waals surface area contributed by atoms with Crippen LogP contribution in [-0.2, 0) is 9.53 Å². The lowest BCUT2D eigenvalue weighted by Gasteiger charge is -2.19. The van der Waals surface area contributed by atoms with E-state index in [0.29, 0.717) is 11.3 Å². The van der Waals surface area contributed by atoms with Crippen molar-refractivity contribution in [3.63, 3.8) is 0 Å². The molecule has 0 bridgehead atoms. The summed E-state index contributed by atoms with van der Waals surface area (Å²) in [5.41, 5.74) is 0.814. The highest BCUT2D eigenvalue weighted by Gasteiger charge is 2.15. The maximum Gasteiger partial charge on any atom is 0.408 e. The number of hydrogen-bond acceptors (Lipinski definition) is 3. The Morgan fingerprint density at radius 2 is 2.05 bits per heavy atom. The van der Waals surface area contributed by atoms with Gasteiger partial charge in [0.05, 0.1) is 0 Å².